The molecule has 0 saturated heterocycles. The number of carbonyl (C=O) groups is 1. The second-order valence-electron chi connectivity index (χ2n) is 8.58. The number of ether oxygens (including phenoxy) is 2. The Morgan fingerprint density at radius 1 is 1.27 bits per heavy atom. The van der Waals surface area contributed by atoms with Gasteiger partial charge in [-0.25, -0.2) is 0 Å². The van der Waals surface area contributed by atoms with Crippen LogP contribution in [0.2, 0.25) is 0 Å². The van der Waals surface area contributed by atoms with Gasteiger partial charge in [-0.05, 0) is 58.7 Å². The molecule has 160 valence electrons. The maximum Gasteiger partial charge on any atom is 0.293 e. The first-order valence-corrected chi connectivity index (χ1v) is 10.3. The van der Waals surface area contributed by atoms with Gasteiger partial charge in [0.1, 0.15) is 16.9 Å². The van der Waals surface area contributed by atoms with Crippen LogP contribution in [0.15, 0.2) is 50.7 Å². The van der Waals surface area contributed by atoms with Crippen molar-refractivity contribution < 1.29 is 18.7 Å². The molecule has 0 saturated carbocycles. The minimum Gasteiger partial charge on any atom is -0.497 e. The molecule has 0 bridgehead atoms. The highest BCUT2D eigenvalue weighted by Crippen LogP contribution is 2.46. The summed E-state index contributed by atoms with van der Waals surface area (Å²) < 4.78 is 17.3. The largest absolute Gasteiger partial charge is 0.497 e. The van der Waals surface area contributed by atoms with Crippen molar-refractivity contribution in [2.45, 2.75) is 65.4 Å². The summed E-state index contributed by atoms with van der Waals surface area (Å²) in [6.45, 7) is 9.83. The van der Waals surface area contributed by atoms with Gasteiger partial charge in [0, 0.05) is 18.4 Å². The van der Waals surface area contributed by atoms with E-state index in [1.54, 1.807) is 31.4 Å². The van der Waals surface area contributed by atoms with Crippen LogP contribution in [0.5, 0.6) is 11.7 Å². The highest BCUT2D eigenvalue weighted by atomic mass is 16.6. The van der Waals surface area contributed by atoms with Gasteiger partial charge < -0.3 is 13.9 Å². The molecule has 0 unspecified atom stereocenters. The predicted molar refractivity (Wildman–Crippen MR) is 119 cm³/mol. The van der Waals surface area contributed by atoms with Crippen LogP contribution in [0.25, 0.3) is 11.0 Å². The third-order valence-electron chi connectivity index (χ3n) is 5.81. The summed E-state index contributed by atoms with van der Waals surface area (Å²) in [6.07, 6.45) is 5.65. The van der Waals surface area contributed by atoms with E-state index in [1.807, 2.05) is 34.6 Å². The average Bonchev–Trinajstić information content (AvgIpc) is 2.91. The topological polar surface area (TPSA) is 65.7 Å². The highest BCUT2D eigenvalue weighted by Gasteiger charge is 2.45. The lowest BCUT2D eigenvalue weighted by Gasteiger charge is -2.27. The molecule has 1 aromatic carbocycles. The Hall–Kier alpha value is -2.82. The molecule has 1 aliphatic rings. The first-order valence-electron chi connectivity index (χ1n) is 10.3. The van der Waals surface area contributed by atoms with Crippen LogP contribution in [0.3, 0.4) is 0 Å². The fourth-order valence-electron chi connectivity index (χ4n) is 3.94. The molecular weight excluding hydrogens is 380 g/mol. The zero-order valence-corrected chi connectivity index (χ0v) is 18.6. The third kappa shape index (κ3) is 4.35. The van der Waals surface area contributed by atoms with Crippen molar-refractivity contribution >= 4 is 16.8 Å². The van der Waals surface area contributed by atoms with Crippen LogP contribution in [0.4, 0.5) is 0 Å². The summed E-state index contributed by atoms with van der Waals surface area (Å²) in [4.78, 5) is 25.0. The fraction of sp³-hybridized carbons (Fsp3) is 0.440. The van der Waals surface area contributed by atoms with E-state index in [1.165, 1.54) is 0 Å². The predicted octanol–water partition coefficient (Wildman–Crippen LogP) is 5.71. The quantitative estimate of drug-likeness (QED) is 0.432. The lowest BCUT2D eigenvalue weighted by atomic mass is 9.83. The van der Waals surface area contributed by atoms with E-state index in [-0.39, 0.29) is 17.1 Å². The Labute approximate surface area is 177 Å². The summed E-state index contributed by atoms with van der Waals surface area (Å²) in [5.41, 5.74) is 2.50. The van der Waals surface area contributed by atoms with Crippen molar-refractivity contribution in [3.05, 3.63) is 57.3 Å². The molecule has 2 aromatic rings. The van der Waals surface area contributed by atoms with E-state index in [0.29, 0.717) is 41.1 Å². The number of allylic oxidation sites excluding steroid dienone is 4. The van der Waals surface area contributed by atoms with Crippen molar-refractivity contribution in [1.82, 2.24) is 0 Å². The molecule has 1 aromatic heterocycles. The van der Waals surface area contributed by atoms with E-state index in [0.717, 1.165) is 17.6 Å². The van der Waals surface area contributed by atoms with Crippen LogP contribution >= 0.6 is 0 Å². The highest BCUT2D eigenvalue weighted by molar-refractivity contribution is 5.91. The van der Waals surface area contributed by atoms with E-state index >= 15 is 0 Å². The van der Waals surface area contributed by atoms with Crippen molar-refractivity contribution in [1.29, 1.82) is 0 Å². The van der Waals surface area contributed by atoms with Crippen molar-refractivity contribution in [3.8, 4) is 11.7 Å². The molecule has 5 nitrogen and oxygen atoms in total. The molecule has 0 N–H and O–H groups in total. The number of ketones is 1. The van der Waals surface area contributed by atoms with Crippen LogP contribution < -0.4 is 14.9 Å². The van der Waals surface area contributed by atoms with Crippen molar-refractivity contribution in [2.24, 2.45) is 0 Å². The minimum atomic E-state index is -0.548. The van der Waals surface area contributed by atoms with Gasteiger partial charge >= 0.3 is 0 Å². The number of hydrogen-bond donors (Lipinski definition) is 0. The van der Waals surface area contributed by atoms with E-state index in [4.69, 9.17) is 13.9 Å². The Morgan fingerprint density at radius 3 is 2.67 bits per heavy atom. The standard InChI is InChI=1S/C25H30O5/c1-15(2)12-18(26)13-16(3)8-7-11-25(5)17(4)22-23(27)20-10-9-19(28-6)14-21(20)29-24(22)30-25/h8-10,12,14,17H,7,11,13H2,1-6H3/b16-8+/t17-,25-/m1/s1. The number of carbonyl (C=O) groups excluding carboxylic acids is 1. The molecule has 0 fully saturated rings. The summed E-state index contributed by atoms with van der Waals surface area (Å²) in [6, 6.07) is 5.20. The summed E-state index contributed by atoms with van der Waals surface area (Å²) in [7, 11) is 1.57. The van der Waals surface area contributed by atoms with Crippen molar-refractivity contribution in [2.75, 3.05) is 7.11 Å². The Bertz CT molecular complexity index is 1080. The summed E-state index contributed by atoms with van der Waals surface area (Å²) >= 11 is 0. The Balaban J connectivity index is 1.78. The molecule has 3 rings (SSSR count). The van der Waals surface area contributed by atoms with E-state index in [2.05, 4.69) is 6.08 Å². The van der Waals surface area contributed by atoms with E-state index < -0.39 is 5.60 Å². The SMILES string of the molecule is COc1ccc2c(=O)c3c(oc2c1)O[C@](C)(CC/C=C(\C)CC(=O)C=C(C)C)[C@@H]3C. The van der Waals surface area contributed by atoms with Gasteiger partial charge in [0.15, 0.2) is 11.2 Å². The monoisotopic (exact) mass is 410 g/mol. The third-order valence-corrected chi connectivity index (χ3v) is 5.81. The fourth-order valence-corrected chi connectivity index (χ4v) is 3.94. The van der Waals surface area contributed by atoms with Gasteiger partial charge in [-0.15, -0.1) is 0 Å². The molecule has 5 heteroatoms. The second kappa shape index (κ2) is 8.50. The number of hydrogen-bond acceptors (Lipinski definition) is 5. The number of fused-ring (bicyclic) bond motifs is 2. The number of benzene rings is 1. The molecule has 2 atom stereocenters. The van der Waals surface area contributed by atoms with Crippen LogP contribution in [0, 0.1) is 0 Å². The van der Waals surface area contributed by atoms with Gasteiger partial charge in [0.05, 0.1) is 18.1 Å². The second-order valence-corrected chi connectivity index (χ2v) is 8.58. The van der Waals surface area contributed by atoms with Crippen LogP contribution in [-0.2, 0) is 4.79 Å². The maximum absolute atomic E-state index is 13.1. The Kier molecular flexibility index (Phi) is 6.20. The van der Waals surface area contributed by atoms with Gasteiger partial charge in [-0.3, -0.25) is 9.59 Å². The molecule has 2 heterocycles. The minimum absolute atomic E-state index is 0.0517. The van der Waals surface area contributed by atoms with Gasteiger partial charge in [0.25, 0.3) is 5.95 Å². The van der Waals surface area contributed by atoms with Gasteiger partial charge in [-0.1, -0.05) is 24.1 Å². The maximum atomic E-state index is 13.1. The Morgan fingerprint density at radius 2 is 2.00 bits per heavy atom. The smallest absolute Gasteiger partial charge is 0.293 e. The molecule has 1 aliphatic heterocycles. The van der Waals surface area contributed by atoms with Crippen LogP contribution in [-0.4, -0.2) is 18.5 Å². The average molecular weight is 411 g/mol. The molecule has 30 heavy (non-hydrogen) atoms. The summed E-state index contributed by atoms with van der Waals surface area (Å²) in [5, 5.41) is 0.530. The lowest BCUT2D eigenvalue weighted by Crippen LogP contribution is -2.33. The lowest BCUT2D eigenvalue weighted by molar-refractivity contribution is -0.114. The molecule has 0 aliphatic carbocycles. The molecule has 0 spiro atoms. The molecule has 0 radical (unpaired) electrons. The number of methoxy groups -OCH3 is 1. The van der Waals surface area contributed by atoms with Gasteiger partial charge in [0.2, 0.25) is 0 Å². The van der Waals surface area contributed by atoms with E-state index in [9.17, 15) is 9.59 Å². The zero-order valence-electron chi connectivity index (χ0n) is 18.6. The molecular formula is C25H30O5. The van der Waals surface area contributed by atoms with Gasteiger partial charge in [-0.2, -0.15) is 0 Å². The zero-order chi connectivity index (χ0) is 22.1. The van der Waals surface area contributed by atoms with Crippen molar-refractivity contribution in [3.63, 3.8) is 0 Å². The first kappa shape index (κ1) is 21.9. The first-order chi connectivity index (χ1) is 14.1. The molecule has 0 amide bonds. The normalized spacial score (nSPS) is 20.6. The van der Waals surface area contributed by atoms with Crippen LogP contribution in [0.1, 0.15) is 65.4 Å². The number of rotatable bonds is 7. The summed E-state index contributed by atoms with van der Waals surface area (Å²) in [5.74, 6) is 0.943.